The predicted octanol–water partition coefficient (Wildman–Crippen LogP) is 2.08. The van der Waals surface area contributed by atoms with Gasteiger partial charge in [-0.25, -0.2) is 9.78 Å². The fourth-order valence-electron chi connectivity index (χ4n) is 2.51. The molecule has 0 amide bonds. The second-order valence-corrected chi connectivity index (χ2v) is 4.59. The summed E-state index contributed by atoms with van der Waals surface area (Å²) in [7, 11) is 0. The van der Waals surface area contributed by atoms with Gasteiger partial charge in [0.25, 0.3) is 0 Å². The van der Waals surface area contributed by atoms with E-state index in [4.69, 9.17) is 9.84 Å². The third kappa shape index (κ3) is 1.67. The van der Waals surface area contributed by atoms with Gasteiger partial charge < -0.3 is 14.4 Å². The number of carboxylic acids is 1. The lowest BCUT2D eigenvalue weighted by Crippen LogP contribution is -2.16. The Bertz CT molecular complexity index is 605. The Labute approximate surface area is 104 Å². The van der Waals surface area contributed by atoms with E-state index in [-0.39, 0.29) is 17.7 Å². The van der Waals surface area contributed by atoms with E-state index in [9.17, 15) is 4.79 Å². The Morgan fingerprint density at radius 3 is 3.06 bits per heavy atom. The molecule has 1 aromatic carbocycles. The zero-order valence-corrected chi connectivity index (χ0v) is 10.0. The molecule has 1 aliphatic heterocycles. The first-order chi connectivity index (χ1) is 8.66. The largest absolute Gasteiger partial charge is 0.478 e. The lowest BCUT2D eigenvalue weighted by atomic mass is 10.1. The summed E-state index contributed by atoms with van der Waals surface area (Å²) in [6, 6.07) is 5.24. The smallest absolute Gasteiger partial charge is 0.335 e. The molecule has 0 unspecified atom stereocenters. The van der Waals surface area contributed by atoms with Crippen molar-refractivity contribution in [1.82, 2.24) is 9.55 Å². The number of carboxylic acid groups (broad SMARTS) is 1. The number of hydrogen-bond acceptors (Lipinski definition) is 3. The molecule has 0 spiro atoms. The number of ether oxygens (including phenoxy) is 1. The van der Waals surface area contributed by atoms with Gasteiger partial charge in [-0.3, -0.25) is 0 Å². The number of rotatable bonds is 2. The van der Waals surface area contributed by atoms with Gasteiger partial charge in [0.05, 0.1) is 35.1 Å². The van der Waals surface area contributed by atoms with Crippen LogP contribution in [-0.4, -0.2) is 33.3 Å². The molecule has 94 valence electrons. The van der Waals surface area contributed by atoms with Gasteiger partial charge >= 0.3 is 5.97 Å². The van der Waals surface area contributed by atoms with Gasteiger partial charge in [0, 0.05) is 6.61 Å². The SMILES string of the molecule is C[C@H]1OCC[C@H]1n1cnc2ccc(C(=O)O)cc21. The zero-order valence-electron chi connectivity index (χ0n) is 10.0. The van der Waals surface area contributed by atoms with Gasteiger partial charge in [0.2, 0.25) is 0 Å². The van der Waals surface area contributed by atoms with Gasteiger partial charge in [0.15, 0.2) is 0 Å². The molecule has 0 saturated carbocycles. The molecular weight excluding hydrogens is 232 g/mol. The Hall–Kier alpha value is -1.88. The third-order valence-electron chi connectivity index (χ3n) is 3.52. The first kappa shape index (κ1) is 11.2. The number of hydrogen-bond donors (Lipinski definition) is 1. The van der Waals surface area contributed by atoms with Crippen LogP contribution < -0.4 is 0 Å². The van der Waals surface area contributed by atoms with Crippen molar-refractivity contribution in [3.8, 4) is 0 Å². The zero-order chi connectivity index (χ0) is 12.7. The van der Waals surface area contributed by atoms with Gasteiger partial charge in [0.1, 0.15) is 0 Å². The van der Waals surface area contributed by atoms with Crippen molar-refractivity contribution in [2.45, 2.75) is 25.5 Å². The van der Waals surface area contributed by atoms with Crippen LogP contribution in [0.3, 0.4) is 0 Å². The number of imidazole rings is 1. The van der Waals surface area contributed by atoms with E-state index in [2.05, 4.69) is 4.98 Å². The van der Waals surface area contributed by atoms with Crippen LogP contribution in [0.2, 0.25) is 0 Å². The number of nitrogens with zero attached hydrogens (tertiary/aromatic N) is 2. The summed E-state index contributed by atoms with van der Waals surface area (Å²) in [4.78, 5) is 15.3. The minimum Gasteiger partial charge on any atom is -0.478 e. The molecule has 1 aromatic heterocycles. The highest BCUT2D eigenvalue weighted by Gasteiger charge is 2.27. The Morgan fingerprint density at radius 1 is 1.56 bits per heavy atom. The highest BCUT2D eigenvalue weighted by atomic mass is 16.5. The van der Waals surface area contributed by atoms with Crippen LogP contribution in [0.4, 0.5) is 0 Å². The number of carbonyl (C=O) groups is 1. The van der Waals surface area contributed by atoms with E-state index in [0.717, 1.165) is 24.1 Å². The molecule has 5 nitrogen and oxygen atoms in total. The van der Waals surface area contributed by atoms with Gasteiger partial charge in [-0.05, 0) is 31.5 Å². The lowest BCUT2D eigenvalue weighted by molar-refractivity contribution is 0.0697. The van der Waals surface area contributed by atoms with Crippen LogP contribution in [0.25, 0.3) is 11.0 Å². The normalized spacial score (nSPS) is 23.6. The third-order valence-corrected chi connectivity index (χ3v) is 3.52. The van der Waals surface area contributed by atoms with Crippen molar-refractivity contribution in [1.29, 1.82) is 0 Å². The molecule has 2 atom stereocenters. The van der Waals surface area contributed by atoms with Crippen molar-refractivity contribution in [2.24, 2.45) is 0 Å². The van der Waals surface area contributed by atoms with E-state index >= 15 is 0 Å². The molecule has 1 saturated heterocycles. The molecule has 18 heavy (non-hydrogen) atoms. The molecule has 1 aliphatic rings. The Morgan fingerprint density at radius 2 is 2.39 bits per heavy atom. The van der Waals surface area contributed by atoms with Gasteiger partial charge in [-0.2, -0.15) is 0 Å². The summed E-state index contributed by atoms with van der Waals surface area (Å²) < 4.78 is 7.58. The molecule has 1 N–H and O–H groups in total. The predicted molar refractivity (Wildman–Crippen MR) is 65.8 cm³/mol. The minimum absolute atomic E-state index is 0.135. The van der Waals surface area contributed by atoms with E-state index in [1.807, 2.05) is 11.5 Å². The second-order valence-electron chi connectivity index (χ2n) is 4.59. The number of aromatic nitrogens is 2. The minimum atomic E-state index is -0.916. The maximum absolute atomic E-state index is 11.0. The van der Waals surface area contributed by atoms with E-state index in [0.29, 0.717) is 0 Å². The van der Waals surface area contributed by atoms with Crippen LogP contribution in [0.1, 0.15) is 29.7 Å². The summed E-state index contributed by atoms with van der Waals surface area (Å²) in [6.07, 6.45) is 2.84. The first-order valence-electron chi connectivity index (χ1n) is 5.98. The van der Waals surface area contributed by atoms with E-state index in [1.54, 1.807) is 24.5 Å². The summed E-state index contributed by atoms with van der Waals surface area (Å²) >= 11 is 0. The molecule has 0 aliphatic carbocycles. The van der Waals surface area contributed by atoms with Gasteiger partial charge in [-0.1, -0.05) is 0 Å². The number of aromatic carboxylic acids is 1. The average molecular weight is 246 g/mol. The van der Waals surface area contributed by atoms with Crippen molar-refractivity contribution in [3.63, 3.8) is 0 Å². The lowest BCUT2D eigenvalue weighted by Gasteiger charge is -2.16. The molecule has 0 radical (unpaired) electrons. The molecule has 1 fully saturated rings. The molecular formula is C13H14N2O3. The monoisotopic (exact) mass is 246 g/mol. The average Bonchev–Trinajstić information content (AvgIpc) is 2.93. The quantitative estimate of drug-likeness (QED) is 0.881. The molecule has 0 bridgehead atoms. The summed E-state index contributed by atoms with van der Waals surface area (Å²) in [5.41, 5.74) is 1.96. The Balaban J connectivity index is 2.11. The summed E-state index contributed by atoms with van der Waals surface area (Å²) in [5, 5.41) is 9.04. The number of fused-ring (bicyclic) bond motifs is 1. The van der Waals surface area contributed by atoms with Crippen LogP contribution in [0, 0.1) is 0 Å². The van der Waals surface area contributed by atoms with Crippen molar-refractivity contribution in [2.75, 3.05) is 6.61 Å². The fraction of sp³-hybridized carbons (Fsp3) is 0.385. The standard InChI is InChI=1S/C13H14N2O3/c1-8-11(4-5-18-8)15-7-14-10-3-2-9(13(16)17)6-12(10)15/h2-3,6-8,11H,4-5H2,1H3,(H,16,17)/t8-,11-/m1/s1. The Kier molecular flexibility index (Phi) is 2.56. The van der Waals surface area contributed by atoms with Crippen molar-refractivity contribution >= 4 is 17.0 Å². The maximum atomic E-state index is 11.0. The first-order valence-corrected chi connectivity index (χ1v) is 5.98. The maximum Gasteiger partial charge on any atom is 0.335 e. The topological polar surface area (TPSA) is 64.4 Å². The van der Waals surface area contributed by atoms with Crippen LogP contribution >= 0.6 is 0 Å². The van der Waals surface area contributed by atoms with Gasteiger partial charge in [-0.15, -0.1) is 0 Å². The van der Waals surface area contributed by atoms with E-state index < -0.39 is 5.97 Å². The summed E-state index contributed by atoms with van der Waals surface area (Å²) in [5.74, 6) is -0.916. The molecule has 3 rings (SSSR count). The second kappa shape index (κ2) is 4.10. The summed E-state index contributed by atoms with van der Waals surface area (Å²) in [6.45, 7) is 2.77. The highest BCUT2D eigenvalue weighted by Crippen LogP contribution is 2.29. The van der Waals surface area contributed by atoms with Crippen LogP contribution in [-0.2, 0) is 4.74 Å². The molecule has 2 heterocycles. The van der Waals surface area contributed by atoms with Crippen LogP contribution in [0.15, 0.2) is 24.5 Å². The van der Waals surface area contributed by atoms with E-state index in [1.165, 1.54) is 0 Å². The van der Waals surface area contributed by atoms with Crippen molar-refractivity contribution < 1.29 is 14.6 Å². The molecule has 2 aromatic rings. The van der Waals surface area contributed by atoms with Crippen LogP contribution in [0.5, 0.6) is 0 Å². The fourth-order valence-corrected chi connectivity index (χ4v) is 2.51. The molecule has 5 heteroatoms. The number of benzene rings is 1. The van der Waals surface area contributed by atoms with Crippen molar-refractivity contribution in [3.05, 3.63) is 30.1 Å². The highest BCUT2D eigenvalue weighted by molar-refractivity contribution is 5.92.